The van der Waals surface area contributed by atoms with Crippen molar-refractivity contribution in [1.29, 1.82) is 0 Å². The minimum atomic E-state index is -0.501. The summed E-state index contributed by atoms with van der Waals surface area (Å²) in [5.41, 5.74) is 2.07. The number of aromatic hydroxyl groups is 1. The van der Waals surface area contributed by atoms with Crippen molar-refractivity contribution < 1.29 is 14.6 Å². The highest BCUT2D eigenvalue weighted by molar-refractivity contribution is 7.80. The van der Waals surface area contributed by atoms with Crippen LogP contribution >= 0.6 is 12.2 Å². The second-order valence-electron chi connectivity index (χ2n) is 10.7. The third-order valence-electron chi connectivity index (χ3n) is 6.70. The molecule has 0 spiro atoms. The van der Waals surface area contributed by atoms with Crippen LogP contribution in [0.1, 0.15) is 63.1 Å². The molecule has 0 bridgehead atoms. The van der Waals surface area contributed by atoms with Gasteiger partial charge in [0.25, 0.3) is 0 Å². The quantitative estimate of drug-likeness (QED) is 0.297. The van der Waals surface area contributed by atoms with E-state index < -0.39 is 6.04 Å². The molecule has 2 aromatic carbocycles. The lowest BCUT2D eigenvalue weighted by Gasteiger charge is -2.34. The number of phenolic OH excluding ortho intramolecular Hbond substituents is 1. The second kappa shape index (κ2) is 12.9. The number of ether oxygens (including phenoxy) is 1. The number of carbonyl (C=O) groups excluding carboxylic acids is 1. The lowest BCUT2D eigenvalue weighted by atomic mass is 9.86. The summed E-state index contributed by atoms with van der Waals surface area (Å²) < 4.78 is 5.34. The Morgan fingerprint density at radius 3 is 2.59 bits per heavy atom. The standard InChI is InChI=1S/C29H40N4O3S/c1-19-15-22(36-5)16-21(25(19)34)18-30-23-13-9-10-14-24(23)32-28(37)33-26(29(2,3)4)27(35)31-17-20-11-7-6-8-12-20/h6-8,11-12,15-16,18,23-24,26,34H,9-10,13-14,17H2,1-5H3,(H,31,35)(H2,32,33,37). The molecule has 0 saturated heterocycles. The Kier molecular flexibility index (Phi) is 9.92. The summed E-state index contributed by atoms with van der Waals surface area (Å²) >= 11 is 5.67. The van der Waals surface area contributed by atoms with Crippen LogP contribution in [0.2, 0.25) is 0 Å². The van der Waals surface area contributed by atoms with Gasteiger partial charge in [-0.15, -0.1) is 0 Å². The monoisotopic (exact) mass is 524 g/mol. The largest absolute Gasteiger partial charge is 0.507 e. The Hall–Kier alpha value is -3.13. The van der Waals surface area contributed by atoms with Crippen molar-refractivity contribution in [2.75, 3.05) is 7.11 Å². The summed E-state index contributed by atoms with van der Waals surface area (Å²) in [6.07, 6.45) is 5.72. The van der Waals surface area contributed by atoms with E-state index >= 15 is 0 Å². The Bertz CT molecular complexity index is 1100. The first kappa shape index (κ1) is 28.4. The van der Waals surface area contributed by atoms with Gasteiger partial charge < -0.3 is 25.8 Å². The zero-order chi connectivity index (χ0) is 27.0. The smallest absolute Gasteiger partial charge is 0.243 e. The number of aliphatic imine (C=N–C) groups is 1. The summed E-state index contributed by atoms with van der Waals surface area (Å²) in [5, 5.41) is 20.6. The third kappa shape index (κ3) is 8.18. The predicted octanol–water partition coefficient (Wildman–Crippen LogP) is 4.63. The van der Waals surface area contributed by atoms with Crippen LogP contribution in [0.15, 0.2) is 47.5 Å². The Balaban J connectivity index is 1.66. The number of hydrogen-bond acceptors (Lipinski definition) is 5. The molecule has 0 aliphatic heterocycles. The Morgan fingerprint density at radius 1 is 1.22 bits per heavy atom. The van der Waals surface area contributed by atoms with Gasteiger partial charge in [-0.3, -0.25) is 9.79 Å². The molecule has 4 N–H and O–H groups in total. The summed E-state index contributed by atoms with van der Waals surface area (Å²) in [7, 11) is 1.61. The zero-order valence-electron chi connectivity index (χ0n) is 22.5. The summed E-state index contributed by atoms with van der Waals surface area (Å²) in [6.45, 7) is 8.36. The topological polar surface area (TPSA) is 95.0 Å². The third-order valence-corrected chi connectivity index (χ3v) is 6.94. The molecule has 3 unspecified atom stereocenters. The number of rotatable bonds is 8. The number of aryl methyl sites for hydroxylation is 1. The first-order chi connectivity index (χ1) is 17.6. The Morgan fingerprint density at radius 2 is 1.92 bits per heavy atom. The molecule has 1 fully saturated rings. The van der Waals surface area contributed by atoms with Gasteiger partial charge in [-0.1, -0.05) is 63.9 Å². The lowest BCUT2D eigenvalue weighted by molar-refractivity contribution is -0.125. The van der Waals surface area contributed by atoms with Crippen molar-refractivity contribution in [2.24, 2.45) is 10.4 Å². The molecule has 1 aliphatic carbocycles. The fourth-order valence-electron chi connectivity index (χ4n) is 4.53. The molecule has 7 nitrogen and oxygen atoms in total. The summed E-state index contributed by atoms with van der Waals surface area (Å²) in [6, 6.07) is 13.0. The normalized spacial score (nSPS) is 18.7. The number of nitrogens with zero attached hydrogens (tertiary/aromatic N) is 1. The van der Waals surface area contributed by atoms with Crippen molar-refractivity contribution in [3.8, 4) is 11.5 Å². The van der Waals surface area contributed by atoms with Gasteiger partial charge >= 0.3 is 0 Å². The van der Waals surface area contributed by atoms with Crippen LogP contribution in [-0.2, 0) is 11.3 Å². The SMILES string of the molecule is COc1cc(C)c(O)c(C=NC2CCCCC2NC(=S)NC(C(=O)NCc2ccccc2)C(C)(C)C)c1. The van der Waals surface area contributed by atoms with Crippen molar-refractivity contribution >= 4 is 29.5 Å². The van der Waals surface area contributed by atoms with E-state index in [2.05, 4.69) is 16.0 Å². The fourth-order valence-corrected chi connectivity index (χ4v) is 4.80. The molecular weight excluding hydrogens is 484 g/mol. The van der Waals surface area contributed by atoms with Crippen molar-refractivity contribution in [3.63, 3.8) is 0 Å². The second-order valence-corrected chi connectivity index (χ2v) is 11.1. The van der Waals surface area contributed by atoms with Gasteiger partial charge in [0.15, 0.2) is 5.11 Å². The molecule has 2 aromatic rings. The van der Waals surface area contributed by atoms with E-state index in [9.17, 15) is 9.90 Å². The average molecular weight is 525 g/mol. The van der Waals surface area contributed by atoms with Crippen LogP contribution in [0.25, 0.3) is 0 Å². The Labute approximate surface area is 226 Å². The van der Waals surface area contributed by atoms with Gasteiger partial charge in [0.1, 0.15) is 17.5 Å². The van der Waals surface area contributed by atoms with Crippen LogP contribution < -0.4 is 20.7 Å². The number of hydrogen-bond donors (Lipinski definition) is 4. The van der Waals surface area contributed by atoms with Crippen LogP contribution in [0, 0.1) is 12.3 Å². The minimum absolute atomic E-state index is 0.000555. The molecule has 1 saturated carbocycles. The molecule has 8 heteroatoms. The summed E-state index contributed by atoms with van der Waals surface area (Å²) in [4.78, 5) is 17.9. The number of methoxy groups -OCH3 is 1. The van der Waals surface area contributed by atoms with E-state index in [-0.39, 0.29) is 29.2 Å². The molecule has 3 rings (SSSR count). The average Bonchev–Trinajstić information content (AvgIpc) is 2.87. The molecule has 200 valence electrons. The lowest BCUT2D eigenvalue weighted by Crippen LogP contribution is -2.58. The van der Waals surface area contributed by atoms with Crippen LogP contribution in [0.3, 0.4) is 0 Å². The van der Waals surface area contributed by atoms with E-state index in [4.69, 9.17) is 21.9 Å². The molecule has 1 aliphatic rings. The molecule has 0 aromatic heterocycles. The van der Waals surface area contributed by atoms with Gasteiger partial charge in [-0.2, -0.15) is 0 Å². The van der Waals surface area contributed by atoms with E-state index in [0.29, 0.717) is 23.0 Å². The van der Waals surface area contributed by atoms with E-state index in [0.717, 1.165) is 36.8 Å². The van der Waals surface area contributed by atoms with Gasteiger partial charge in [-0.05, 0) is 60.7 Å². The number of nitrogens with one attached hydrogen (secondary N) is 3. The maximum atomic E-state index is 13.1. The minimum Gasteiger partial charge on any atom is -0.507 e. The molecule has 37 heavy (non-hydrogen) atoms. The fraction of sp³-hybridized carbons (Fsp3) is 0.483. The first-order valence-electron chi connectivity index (χ1n) is 12.9. The van der Waals surface area contributed by atoms with Crippen LogP contribution in [0.4, 0.5) is 0 Å². The van der Waals surface area contributed by atoms with Crippen LogP contribution in [0.5, 0.6) is 11.5 Å². The van der Waals surface area contributed by atoms with Crippen LogP contribution in [-0.4, -0.2) is 47.6 Å². The molecule has 3 atom stereocenters. The highest BCUT2D eigenvalue weighted by atomic mass is 32.1. The zero-order valence-corrected chi connectivity index (χ0v) is 23.3. The van der Waals surface area contributed by atoms with Gasteiger partial charge in [-0.25, -0.2) is 0 Å². The molecular formula is C29H40N4O3S. The number of amides is 1. The molecule has 0 radical (unpaired) electrons. The van der Waals surface area contributed by atoms with Crippen molar-refractivity contribution in [3.05, 3.63) is 59.2 Å². The number of benzene rings is 2. The number of carbonyl (C=O) groups is 1. The van der Waals surface area contributed by atoms with E-state index in [1.54, 1.807) is 25.5 Å². The van der Waals surface area contributed by atoms with Gasteiger partial charge in [0, 0.05) is 18.3 Å². The number of thiocarbonyl (C=S) groups is 1. The molecule has 0 heterocycles. The number of phenols is 1. The maximum absolute atomic E-state index is 13.1. The van der Waals surface area contributed by atoms with E-state index in [1.807, 2.05) is 58.0 Å². The molecule has 1 amide bonds. The van der Waals surface area contributed by atoms with Gasteiger partial charge in [0.2, 0.25) is 5.91 Å². The first-order valence-corrected chi connectivity index (χ1v) is 13.3. The van der Waals surface area contributed by atoms with Crippen molar-refractivity contribution in [2.45, 2.75) is 78.0 Å². The van der Waals surface area contributed by atoms with E-state index in [1.165, 1.54) is 0 Å². The van der Waals surface area contributed by atoms with Gasteiger partial charge in [0.05, 0.1) is 19.2 Å². The summed E-state index contributed by atoms with van der Waals surface area (Å²) in [5.74, 6) is 0.790. The van der Waals surface area contributed by atoms with Crippen molar-refractivity contribution in [1.82, 2.24) is 16.0 Å². The highest BCUT2D eigenvalue weighted by Gasteiger charge is 2.33. The maximum Gasteiger partial charge on any atom is 0.243 e. The predicted molar refractivity (Wildman–Crippen MR) is 153 cm³/mol. The highest BCUT2D eigenvalue weighted by Crippen LogP contribution is 2.28.